The fourth-order valence-corrected chi connectivity index (χ4v) is 7.05. The lowest BCUT2D eigenvalue weighted by atomic mass is 10.1. The van der Waals surface area contributed by atoms with Crippen LogP contribution in [-0.2, 0) is 14.6 Å². The summed E-state index contributed by atoms with van der Waals surface area (Å²) >= 11 is 1.37. The van der Waals surface area contributed by atoms with Crippen molar-refractivity contribution in [3.05, 3.63) is 35.7 Å². The number of nitrogens with zero attached hydrogens (tertiary/aromatic N) is 4. The first-order valence-electron chi connectivity index (χ1n) is 10.5. The van der Waals surface area contributed by atoms with Crippen LogP contribution in [0.4, 0.5) is 0 Å². The molecule has 0 spiro atoms. The van der Waals surface area contributed by atoms with Crippen LogP contribution in [0.5, 0.6) is 0 Å². The topological polar surface area (TPSA) is 85.2 Å². The second-order valence-electron chi connectivity index (χ2n) is 8.36. The summed E-state index contributed by atoms with van der Waals surface area (Å²) < 4.78 is 26.0. The molecule has 1 aliphatic carbocycles. The van der Waals surface area contributed by atoms with Gasteiger partial charge in [0.05, 0.1) is 22.9 Å². The van der Waals surface area contributed by atoms with E-state index in [0.29, 0.717) is 11.6 Å². The lowest BCUT2D eigenvalue weighted by molar-refractivity contribution is -0.132. The SMILES string of the molecule is Cc1ccc(C)c(-n2cnnc2SCC(=O)N(C2CCCC2)C2CCS(=O)(=O)C2)c1. The van der Waals surface area contributed by atoms with E-state index in [0.717, 1.165) is 42.5 Å². The third-order valence-electron chi connectivity index (χ3n) is 6.07. The van der Waals surface area contributed by atoms with Gasteiger partial charge in [-0.25, -0.2) is 8.42 Å². The standard InChI is InChI=1S/C21H28N4O3S2/c1-15-7-8-16(2)19(11-15)24-14-22-23-21(24)29-12-20(26)25(17-5-3-4-6-17)18-9-10-30(27,28)13-18/h7-8,11,14,17-18H,3-6,9-10,12-13H2,1-2H3. The molecule has 7 nitrogen and oxygen atoms in total. The molecular weight excluding hydrogens is 420 g/mol. The largest absolute Gasteiger partial charge is 0.335 e. The number of carbonyl (C=O) groups is 1. The number of hydrogen-bond acceptors (Lipinski definition) is 6. The van der Waals surface area contributed by atoms with Crippen LogP contribution in [0.1, 0.15) is 43.2 Å². The molecule has 162 valence electrons. The van der Waals surface area contributed by atoms with Crippen molar-refractivity contribution < 1.29 is 13.2 Å². The molecule has 1 atom stereocenters. The van der Waals surface area contributed by atoms with E-state index in [4.69, 9.17) is 0 Å². The summed E-state index contributed by atoms with van der Waals surface area (Å²) in [4.78, 5) is 15.1. The average molecular weight is 449 g/mol. The van der Waals surface area contributed by atoms with Gasteiger partial charge in [-0.3, -0.25) is 9.36 Å². The number of thioether (sulfide) groups is 1. The highest BCUT2D eigenvalue weighted by Gasteiger charge is 2.39. The molecule has 1 unspecified atom stereocenters. The number of amides is 1. The summed E-state index contributed by atoms with van der Waals surface area (Å²) in [7, 11) is -3.04. The highest BCUT2D eigenvalue weighted by Crippen LogP contribution is 2.31. The monoisotopic (exact) mass is 448 g/mol. The zero-order valence-electron chi connectivity index (χ0n) is 17.5. The lowest BCUT2D eigenvalue weighted by Crippen LogP contribution is -2.47. The molecule has 2 aromatic rings. The maximum atomic E-state index is 13.2. The van der Waals surface area contributed by atoms with Crippen LogP contribution in [0.3, 0.4) is 0 Å². The Morgan fingerprint density at radius 1 is 1.20 bits per heavy atom. The van der Waals surface area contributed by atoms with E-state index in [1.54, 1.807) is 6.33 Å². The van der Waals surface area contributed by atoms with Gasteiger partial charge in [0.25, 0.3) is 0 Å². The molecule has 2 aliphatic rings. The summed E-state index contributed by atoms with van der Waals surface area (Å²) in [5, 5.41) is 8.94. The van der Waals surface area contributed by atoms with E-state index < -0.39 is 9.84 Å². The molecule has 2 fully saturated rings. The molecule has 1 saturated carbocycles. The number of sulfone groups is 1. The molecule has 0 N–H and O–H groups in total. The molecule has 1 saturated heterocycles. The normalized spacial score (nSPS) is 21.2. The Morgan fingerprint density at radius 3 is 2.67 bits per heavy atom. The first kappa shape index (κ1) is 21.4. The highest BCUT2D eigenvalue weighted by atomic mass is 32.2. The molecule has 9 heteroatoms. The maximum Gasteiger partial charge on any atom is 0.233 e. The highest BCUT2D eigenvalue weighted by molar-refractivity contribution is 7.99. The van der Waals surface area contributed by atoms with Crippen molar-refractivity contribution in [2.75, 3.05) is 17.3 Å². The summed E-state index contributed by atoms with van der Waals surface area (Å²) in [5.74, 6) is 0.516. The zero-order chi connectivity index (χ0) is 21.3. The lowest BCUT2D eigenvalue weighted by Gasteiger charge is -2.34. The number of aryl methyl sites for hydroxylation is 2. The molecule has 1 aromatic carbocycles. The number of carbonyl (C=O) groups excluding carboxylic acids is 1. The van der Waals surface area contributed by atoms with Gasteiger partial charge >= 0.3 is 0 Å². The predicted molar refractivity (Wildman–Crippen MR) is 118 cm³/mol. The third kappa shape index (κ3) is 4.56. The first-order valence-corrected chi connectivity index (χ1v) is 13.3. The van der Waals surface area contributed by atoms with Crippen LogP contribution in [0, 0.1) is 13.8 Å². The van der Waals surface area contributed by atoms with Crippen LogP contribution in [0.2, 0.25) is 0 Å². The van der Waals surface area contributed by atoms with Gasteiger partial charge in [0, 0.05) is 12.1 Å². The summed E-state index contributed by atoms with van der Waals surface area (Å²) in [6.45, 7) is 4.08. The van der Waals surface area contributed by atoms with E-state index in [1.807, 2.05) is 23.3 Å². The van der Waals surface area contributed by atoms with Gasteiger partial charge in [0.15, 0.2) is 15.0 Å². The first-order chi connectivity index (χ1) is 14.3. The van der Waals surface area contributed by atoms with Crippen LogP contribution >= 0.6 is 11.8 Å². The van der Waals surface area contributed by atoms with Crippen molar-refractivity contribution >= 4 is 27.5 Å². The van der Waals surface area contributed by atoms with Crippen molar-refractivity contribution in [1.82, 2.24) is 19.7 Å². The molecule has 0 bridgehead atoms. The van der Waals surface area contributed by atoms with Gasteiger partial charge in [0.2, 0.25) is 5.91 Å². The van der Waals surface area contributed by atoms with Crippen LogP contribution in [-0.4, -0.2) is 63.3 Å². The number of hydrogen-bond donors (Lipinski definition) is 0. The Labute approximate surface area is 182 Å². The molecule has 0 radical (unpaired) electrons. The van der Waals surface area contributed by atoms with Gasteiger partial charge in [-0.2, -0.15) is 0 Å². The Morgan fingerprint density at radius 2 is 1.97 bits per heavy atom. The number of aromatic nitrogens is 3. The molecule has 2 heterocycles. The minimum Gasteiger partial charge on any atom is -0.335 e. The Bertz CT molecular complexity index is 1030. The molecule has 4 rings (SSSR count). The molecule has 30 heavy (non-hydrogen) atoms. The van der Waals surface area contributed by atoms with E-state index in [2.05, 4.69) is 28.4 Å². The quantitative estimate of drug-likeness (QED) is 0.632. The maximum absolute atomic E-state index is 13.2. The van der Waals surface area contributed by atoms with Crippen molar-refractivity contribution in [3.63, 3.8) is 0 Å². The average Bonchev–Trinajstić information content (AvgIpc) is 3.44. The molecule has 1 amide bonds. The molecule has 1 aromatic heterocycles. The summed E-state index contributed by atoms with van der Waals surface area (Å²) in [5.41, 5.74) is 3.26. The van der Waals surface area contributed by atoms with Gasteiger partial charge in [-0.15, -0.1) is 10.2 Å². The Hall–Kier alpha value is -1.87. The summed E-state index contributed by atoms with van der Waals surface area (Å²) in [6, 6.07) is 6.18. The van der Waals surface area contributed by atoms with Crippen LogP contribution < -0.4 is 0 Å². The third-order valence-corrected chi connectivity index (χ3v) is 8.75. The van der Waals surface area contributed by atoms with Crippen LogP contribution in [0.15, 0.2) is 29.7 Å². The molecular formula is C21H28N4O3S2. The van der Waals surface area contributed by atoms with Crippen molar-refractivity contribution in [2.24, 2.45) is 0 Å². The molecule has 1 aliphatic heterocycles. The van der Waals surface area contributed by atoms with E-state index >= 15 is 0 Å². The van der Waals surface area contributed by atoms with E-state index in [-0.39, 0.29) is 35.2 Å². The van der Waals surface area contributed by atoms with Gasteiger partial charge in [0.1, 0.15) is 6.33 Å². The van der Waals surface area contributed by atoms with Crippen molar-refractivity contribution in [3.8, 4) is 5.69 Å². The Balaban J connectivity index is 1.51. The van der Waals surface area contributed by atoms with Crippen LogP contribution in [0.25, 0.3) is 5.69 Å². The minimum atomic E-state index is -3.04. The van der Waals surface area contributed by atoms with Gasteiger partial charge < -0.3 is 4.90 Å². The van der Waals surface area contributed by atoms with Crippen molar-refractivity contribution in [2.45, 2.75) is 63.2 Å². The number of rotatable bonds is 6. The zero-order valence-corrected chi connectivity index (χ0v) is 19.1. The fraction of sp³-hybridized carbons (Fsp3) is 0.571. The summed E-state index contributed by atoms with van der Waals surface area (Å²) in [6.07, 6.45) is 6.35. The minimum absolute atomic E-state index is 0.00418. The second kappa shape index (κ2) is 8.70. The van der Waals surface area contributed by atoms with Gasteiger partial charge in [-0.1, -0.05) is 36.7 Å². The second-order valence-corrected chi connectivity index (χ2v) is 11.5. The van der Waals surface area contributed by atoms with Crippen molar-refractivity contribution in [1.29, 1.82) is 0 Å². The van der Waals surface area contributed by atoms with E-state index in [9.17, 15) is 13.2 Å². The van der Waals surface area contributed by atoms with Gasteiger partial charge in [-0.05, 0) is 50.3 Å². The fourth-order valence-electron chi connectivity index (χ4n) is 4.55. The number of benzene rings is 1. The smallest absolute Gasteiger partial charge is 0.233 e. The van der Waals surface area contributed by atoms with E-state index in [1.165, 1.54) is 11.8 Å². The predicted octanol–water partition coefficient (Wildman–Crippen LogP) is 2.93. The Kier molecular flexibility index (Phi) is 6.20.